The van der Waals surface area contributed by atoms with Gasteiger partial charge in [-0.1, -0.05) is 18.5 Å². The van der Waals surface area contributed by atoms with Gasteiger partial charge in [-0.25, -0.2) is 0 Å². The summed E-state index contributed by atoms with van der Waals surface area (Å²) in [4.78, 5) is 27.3. The van der Waals surface area contributed by atoms with Gasteiger partial charge in [0, 0.05) is 18.8 Å². The molecule has 0 saturated carbocycles. The molecule has 5 nitrogen and oxygen atoms in total. The molecular weight excluding hydrogens is 270 g/mol. The third kappa shape index (κ3) is 3.23. The van der Waals surface area contributed by atoms with Crippen LogP contribution in [0, 0.1) is 5.41 Å². The molecule has 6 heteroatoms. The molecule has 0 aliphatic carbocycles. The summed E-state index contributed by atoms with van der Waals surface area (Å²) in [7, 11) is 0. The number of carboxylic acids is 1. The third-order valence-electron chi connectivity index (χ3n) is 3.03. The van der Waals surface area contributed by atoms with Crippen LogP contribution in [0.1, 0.15) is 25.8 Å². The number of carboxylic acid groups (broad SMARTS) is 1. The normalized spacial score (nSPS) is 13.6. The molecule has 104 valence electrons. The molecule has 1 rings (SSSR count). The van der Waals surface area contributed by atoms with E-state index < -0.39 is 17.4 Å². The van der Waals surface area contributed by atoms with E-state index in [0.29, 0.717) is 10.6 Å². The maximum Gasteiger partial charge on any atom is 0.323 e. The molecule has 0 spiro atoms. The second-order valence-corrected chi connectivity index (χ2v) is 4.51. The number of nitrogens with zero attached hydrogens (tertiary/aromatic N) is 1. The van der Waals surface area contributed by atoms with E-state index in [2.05, 4.69) is 4.98 Å². The summed E-state index contributed by atoms with van der Waals surface area (Å²) in [6.07, 6.45) is 3.04. The van der Waals surface area contributed by atoms with Gasteiger partial charge in [-0.3, -0.25) is 14.6 Å². The monoisotopic (exact) mass is 285 g/mol. The molecule has 1 aromatic rings. The Labute approximate surface area is 116 Å². The van der Waals surface area contributed by atoms with Crippen LogP contribution in [0.25, 0.3) is 0 Å². The maximum atomic E-state index is 12.0. The number of ether oxygens (including phenoxy) is 1. The second-order valence-electron chi connectivity index (χ2n) is 4.11. The smallest absolute Gasteiger partial charge is 0.323 e. The average molecular weight is 286 g/mol. The van der Waals surface area contributed by atoms with Crippen molar-refractivity contribution in [3.05, 3.63) is 29.0 Å². The van der Waals surface area contributed by atoms with Crippen LogP contribution in [0.4, 0.5) is 0 Å². The van der Waals surface area contributed by atoms with E-state index in [-0.39, 0.29) is 19.4 Å². The minimum atomic E-state index is -1.61. The SMILES string of the molecule is CCOC(=O)C(CC)(Cc1ccncc1Cl)C(=O)O. The lowest BCUT2D eigenvalue weighted by Gasteiger charge is -2.26. The molecule has 1 aromatic heterocycles. The summed E-state index contributed by atoms with van der Waals surface area (Å²) in [5.41, 5.74) is -1.05. The molecular formula is C13H16ClNO4. The van der Waals surface area contributed by atoms with Crippen LogP contribution in [0.15, 0.2) is 18.5 Å². The van der Waals surface area contributed by atoms with Crippen molar-refractivity contribution in [3.8, 4) is 0 Å². The van der Waals surface area contributed by atoms with Crippen molar-refractivity contribution in [1.29, 1.82) is 0 Å². The Morgan fingerprint density at radius 2 is 2.16 bits per heavy atom. The summed E-state index contributed by atoms with van der Waals surface area (Å²) < 4.78 is 4.89. The van der Waals surface area contributed by atoms with Crippen LogP contribution in [-0.4, -0.2) is 28.6 Å². The van der Waals surface area contributed by atoms with Gasteiger partial charge in [0.25, 0.3) is 0 Å². The largest absolute Gasteiger partial charge is 0.480 e. The van der Waals surface area contributed by atoms with Crippen LogP contribution in [0.5, 0.6) is 0 Å². The van der Waals surface area contributed by atoms with Crippen molar-refractivity contribution in [2.45, 2.75) is 26.7 Å². The van der Waals surface area contributed by atoms with Crippen LogP contribution in [0.3, 0.4) is 0 Å². The lowest BCUT2D eigenvalue weighted by Crippen LogP contribution is -2.42. The van der Waals surface area contributed by atoms with Gasteiger partial charge in [0.2, 0.25) is 0 Å². The highest BCUT2D eigenvalue weighted by Crippen LogP contribution is 2.31. The zero-order chi connectivity index (χ0) is 14.5. The van der Waals surface area contributed by atoms with Gasteiger partial charge in [0.15, 0.2) is 5.41 Å². The number of aliphatic carboxylic acids is 1. The van der Waals surface area contributed by atoms with E-state index >= 15 is 0 Å². The zero-order valence-electron chi connectivity index (χ0n) is 10.9. The number of hydrogen-bond acceptors (Lipinski definition) is 4. The van der Waals surface area contributed by atoms with Gasteiger partial charge in [-0.2, -0.15) is 0 Å². The Kier molecular flexibility index (Phi) is 5.30. The minimum absolute atomic E-state index is 0.0149. The van der Waals surface area contributed by atoms with Gasteiger partial charge in [0.1, 0.15) is 0 Å². The number of hydrogen-bond donors (Lipinski definition) is 1. The summed E-state index contributed by atoms with van der Waals surface area (Å²) in [6.45, 7) is 3.41. The molecule has 0 fully saturated rings. The number of aromatic nitrogens is 1. The first-order chi connectivity index (χ1) is 8.97. The fourth-order valence-electron chi connectivity index (χ4n) is 1.80. The molecule has 0 radical (unpaired) electrons. The molecule has 0 aliphatic rings. The van der Waals surface area contributed by atoms with Crippen molar-refractivity contribution in [3.63, 3.8) is 0 Å². The molecule has 1 N–H and O–H groups in total. The number of halogens is 1. The number of pyridine rings is 1. The van der Waals surface area contributed by atoms with Crippen molar-refractivity contribution < 1.29 is 19.4 Å². The van der Waals surface area contributed by atoms with E-state index in [1.807, 2.05) is 0 Å². The molecule has 0 bridgehead atoms. The van der Waals surface area contributed by atoms with Crippen LogP contribution in [-0.2, 0) is 20.7 Å². The first kappa shape index (κ1) is 15.4. The number of carbonyl (C=O) groups excluding carboxylic acids is 1. The average Bonchev–Trinajstić information content (AvgIpc) is 2.38. The molecule has 19 heavy (non-hydrogen) atoms. The fourth-order valence-corrected chi connectivity index (χ4v) is 1.98. The van der Waals surface area contributed by atoms with E-state index in [9.17, 15) is 14.7 Å². The third-order valence-corrected chi connectivity index (χ3v) is 3.37. The first-order valence-corrected chi connectivity index (χ1v) is 6.34. The topological polar surface area (TPSA) is 76.5 Å². The van der Waals surface area contributed by atoms with Crippen molar-refractivity contribution in [1.82, 2.24) is 4.98 Å². The Balaban J connectivity index is 3.15. The summed E-state index contributed by atoms with van der Waals surface area (Å²) in [5, 5.41) is 9.75. The van der Waals surface area contributed by atoms with Gasteiger partial charge in [0.05, 0.1) is 11.6 Å². The van der Waals surface area contributed by atoms with Crippen LogP contribution >= 0.6 is 11.6 Å². The number of esters is 1. The highest BCUT2D eigenvalue weighted by molar-refractivity contribution is 6.31. The van der Waals surface area contributed by atoms with Gasteiger partial charge in [-0.15, -0.1) is 0 Å². The van der Waals surface area contributed by atoms with E-state index in [1.165, 1.54) is 12.4 Å². The molecule has 0 aliphatic heterocycles. The van der Waals surface area contributed by atoms with Crippen molar-refractivity contribution >= 4 is 23.5 Å². The van der Waals surface area contributed by atoms with Gasteiger partial charge >= 0.3 is 11.9 Å². The Hall–Kier alpha value is -1.62. The molecule has 0 amide bonds. The summed E-state index contributed by atoms with van der Waals surface area (Å²) in [5.74, 6) is -1.95. The summed E-state index contributed by atoms with van der Waals surface area (Å²) in [6, 6.07) is 1.61. The van der Waals surface area contributed by atoms with E-state index in [1.54, 1.807) is 19.9 Å². The van der Waals surface area contributed by atoms with E-state index in [4.69, 9.17) is 16.3 Å². The molecule has 1 unspecified atom stereocenters. The first-order valence-electron chi connectivity index (χ1n) is 5.97. The molecule has 1 heterocycles. The van der Waals surface area contributed by atoms with Crippen molar-refractivity contribution in [2.75, 3.05) is 6.61 Å². The zero-order valence-corrected chi connectivity index (χ0v) is 11.6. The quantitative estimate of drug-likeness (QED) is 0.641. The van der Waals surface area contributed by atoms with Crippen LogP contribution in [0.2, 0.25) is 5.02 Å². The Morgan fingerprint density at radius 3 is 2.63 bits per heavy atom. The highest BCUT2D eigenvalue weighted by atomic mass is 35.5. The maximum absolute atomic E-state index is 12.0. The molecule has 0 saturated heterocycles. The van der Waals surface area contributed by atoms with E-state index in [0.717, 1.165) is 0 Å². The highest BCUT2D eigenvalue weighted by Gasteiger charge is 2.46. The Bertz CT molecular complexity index is 477. The van der Waals surface area contributed by atoms with Crippen LogP contribution < -0.4 is 0 Å². The van der Waals surface area contributed by atoms with Crippen molar-refractivity contribution in [2.24, 2.45) is 5.41 Å². The number of carbonyl (C=O) groups is 2. The lowest BCUT2D eigenvalue weighted by molar-refractivity contribution is -0.168. The fraction of sp³-hybridized carbons (Fsp3) is 0.462. The summed E-state index contributed by atoms with van der Waals surface area (Å²) >= 11 is 5.97. The molecule has 1 atom stereocenters. The standard InChI is InChI=1S/C13H16ClNO4/c1-3-13(11(16)17,12(18)19-4-2)7-9-5-6-15-8-10(9)14/h5-6,8H,3-4,7H2,1-2H3,(H,16,17). The number of rotatable bonds is 6. The second kappa shape index (κ2) is 6.52. The lowest BCUT2D eigenvalue weighted by atomic mass is 9.79. The van der Waals surface area contributed by atoms with Gasteiger partial charge in [-0.05, 0) is 25.0 Å². The predicted molar refractivity (Wildman–Crippen MR) is 69.9 cm³/mol. The molecule has 0 aromatic carbocycles. The Morgan fingerprint density at radius 1 is 1.47 bits per heavy atom. The van der Waals surface area contributed by atoms with Gasteiger partial charge < -0.3 is 9.84 Å². The minimum Gasteiger partial charge on any atom is -0.480 e. The predicted octanol–water partition coefficient (Wildman–Crippen LogP) is 2.32.